The zero-order valence-electron chi connectivity index (χ0n) is 17.8. The summed E-state index contributed by atoms with van der Waals surface area (Å²) in [5, 5.41) is 5.82. The first-order valence-corrected chi connectivity index (χ1v) is 10.2. The van der Waals surface area contributed by atoms with Crippen molar-refractivity contribution in [2.24, 2.45) is 0 Å². The standard InChI is InChI=1S/C24H21N3O4S/c1-14-10-11-18-17(12-14)26-23(31-18)15-6-4-7-16(13-15)25-24(32)27-22(28)21-19(29-2)8-5-9-20(21)30-3/h4-13H,1-3H3,(H2,25,27,28,32). The van der Waals surface area contributed by atoms with Crippen molar-refractivity contribution in [3.8, 4) is 23.0 Å². The lowest BCUT2D eigenvalue weighted by molar-refractivity contribution is 0.0971. The number of amides is 1. The predicted octanol–water partition coefficient (Wildman–Crippen LogP) is 4.95. The maximum absolute atomic E-state index is 12.8. The molecule has 0 aliphatic heterocycles. The van der Waals surface area contributed by atoms with Crippen LogP contribution >= 0.6 is 12.2 Å². The molecule has 1 heterocycles. The van der Waals surface area contributed by atoms with Crippen LogP contribution in [0.1, 0.15) is 15.9 Å². The molecule has 32 heavy (non-hydrogen) atoms. The van der Waals surface area contributed by atoms with Crippen molar-refractivity contribution in [2.75, 3.05) is 19.5 Å². The molecular formula is C24H21N3O4S. The maximum Gasteiger partial charge on any atom is 0.264 e. The van der Waals surface area contributed by atoms with E-state index in [1.165, 1.54) is 14.2 Å². The minimum Gasteiger partial charge on any atom is -0.496 e. The fourth-order valence-electron chi connectivity index (χ4n) is 3.29. The van der Waals surface area contributed by atoms with Gasteiger partial charge in [-0.05, 0) is 67.2 Å². The number of aryl methyl sites for hydroxylation is 1. The maximum atomic E-state index is 12.8. The van der Waals surface area contributed by atoms with Crippen LogP contribution in [-0.2, 0) is 0 Å². The predicted molar refractivity (Wildman–Crippen MR) is 127 cm³/mol. The summed E-state index contributed by atoms with van der Waals surface area (Å²) < 4.78 is 16.4. The van der Waals surface area contributed by atoms with E-state index in [9.17, 15) is 4.79 Å². The van der Waals surface area contributed by atoms with E-state index in [0.29, 0.717) is 23.1 Å². The van der Waals surface area contributed by atoms with E-state index in [1.807, 2.05) is 49.4 Å². The summed E-state index contributed by atoms with van der Waals surface area (Å²) in [7, 11) is 2.97. The molecule has 4 rings (SSSR count). The molecule has 7 nitrogen and oxygen atoms in total. The first kappa shape index (κ1) is 21.3. The van der Waals surface area contributed by atoms with E-state index in [1.54, 1.807) is 18.2 Å². The van der Waals surface area contributed by atoms with Crippen LogP contribution in [0.25, 0.3) is 22.6 Å². The lowest BCUT2D eigenvalue weighted by Gasteiger charge is -2.14. The molecule has 0 saturated carbocycles. The molecule has 1 aromatic heterocycles. The number of oxazole rings is 1. The molecule has 3 aromatic carbocycles. The monoisotopic (exact) mass is 447 g/mol. The van der Waals surface area contributed by atoms with Crippen molar-refractivity contribution in [3.05, 3.63) is 71.8 Å². The number of aromatic nitrogens is 1. The van der Waals surface area contributed by atoms with Gasteiger partial charge in [0.1, 0.15) is 22.6 Å². The van der Waals surface area contributed by atoms with Crippen LogP contribution in [0.5, 0.6) is 11.5 Å². The van der Waals surface area contributed by atoms with Gasteiger partial charge in [0.25, 0.3) is 5.91 Å². The van der Waals surface area contributed by atoms with Crippen molar-refractivity contribution in [3.63, 3.8) is 0 Å². The van der Waals surface area contributed by atoms with E-state index in [4.69, 9.17) is 26.1 Å². The van der Waals surface area contributed by atoms with Crippen LogP contribution in [0.4, 0.5) is 5.69 Å². The van der Waals surface area contributed by atoms with Crippen molar-refractivity contribution < 1.29 is 18.7 Å². The van der Waals surface area contributed by atoms with Gasteiger partial charge in [-0.15, -0.1) is 0 Å². The van der Waals surface area contributed by atoms with E-state index in [0.717, 1.165) is 22.2 Å². The smallest absolute Gasteiger partial charge is 0.264 e. The van der Waals surface area contributed by atoms with Crippen LogP contribution in [0.2, 0.25) is 0 Å². The molecule has 0 unspecified atom stereocenters. The summed E-state index contributed by atoms with van der Waals surface area (Å²) in [5.74, 6) is 0.834. The average molecular weight is 448 g/mol. The highest BCUT2D eigenvalue weighted by Gasteiger charge is 2.19. The molecule has 0 aliphatic carbocycles. The number of thiocarbonyl (C=S) groups is 1. The molecule has 0 atom stereocenters. The first-order chi connectivity index (χ1) is 15.5. The fourth-order valence-corrected chi connectivity index (χ4v) is 3.50. The molecule has 162 valence electrons. The lowest BCUT2D eigenvalue weighted by atomic mass is 10.1. The number of hydrogen-bond donors (Lipinski definition) is 2. The number of anilines is 1. The first-order valence-electron chi connectivity index (χ1n) is 9.79. The third-order valence-electron chi connectivity index (χ3n) is 4.79. The summed E-state index contributed by atoms with van der Waals surface area (Å²) in [6, 6.07) is 18.4. The number of carbonyl (C=O) groups excluding carboxylic acids is 1. The fraction of sp³-hybridized carbons (Fsp3) is 0.125. The number of ether oxygens (including phenoxy) is 2. The Morgan fingerprint density at radius 2 is 1.72 bits per heavy atom. The molecule has 1 amide bonds. The largest absolute Gasteiger partial charge is 0.496 e. The van der Waals surface area contributed by atoms with Gasteiger partial charge < -0.3 is 19.2 Å². The molecule has 4 aromatic rings. The normalized spacial score (nSPS) is 10.6. The Bertz CT molecular complexity index is 1290. The average Bonchev–Trinajstić information content (AvgIpc) is 3.21. The van der Waals surface area contributed by atoms with E-state index in [-0.39, 0.29) is 10.7 Å². The Hall–Kier alpha value is -3.91. The van der Waals surface area contributed by atoms with Crippen molar-refractivity contribution >= 4 is 40.0 Å². The Kier molecular flexibility index (Phi) is 6.04. The van der Waals surface area contributed by atoms with Crippen molar-refractivity contribution in [2.45, 2.75) is 6.92 Å². The number of methoxy groups -OCH3 is 2. The zero-order chi connectivity index (χ0) is 22.7. The summed E-state index contributed by atoms with van der Waals surface area (Å²) in [6.07, 6.45) is 0. The minimum atomic E-state index is -0.442. The third kappa shape index (κ3) is 4.40. The van der Waals surface area contributed by atoms with Gasteiger partial charge in [0, 0.05) is 11.3 Å². The van der Waals surface area contributed by atoms with Crippen molar-refractivity contribution in [1.82, 2.24) is 10.3 Å². The molecule has 0 spiro atoms. The number of rotatable bonds is 5. The second kappa shape index (κ2) is 9.07. The molecule has 0 fully saturated rings. The van der Waals surface area contributed by atoms with Gasteiger partial charge in [0.05, 0.1) is 14.2 Å². The van der Waals surface area contributed by atoms with E-state index in [2.05, 4.69) is 15.6 Å². The quantitative estimate of drug-likeness (QED) is 0.419. The van der Waals surface area contributed by atoms with Crippen LogP contribution in [0.15, 0.2) is 65.1 Å². The van der Waals surface area contributed by atoms with Gasteiger partial charge in [-0.3, -0.25) is 10.1 Å². The number of hydrogen-bond acceptors (Lipinski definition) is 6. The highest BCUT2D eigenvalue weighted by atomic mass is 32.1. The summed E-state index contributed by atoms with van der Waals surface area (Å²) in [6.45, 7) is 2.01. The van der Waals surface area contributed by atoms with Crippen LogP contribution in [-0.4, -0.2) is 30.2 Å². The van der Waals surface area contributed by atoms with Gasteiger partial charge in [-0.25, -0.2) is 4.98 Å². The number of nitrogens with one attached hydrogen (secondary N) is 2. The topological polar surface area (TPSA) is 85.6 Å². The number of benzene rings is 3. The molecule has 0 radical (unpaired) electrons. The van der Waals surface area contributed by atoms with Gasteiger partial charge in [-0.2, -0.15) is 0 Å². The third-order valence-corrected chi connectivity index (χ3v) is 5.00. The molecule has 0 aliphatic rings. The molecular weight excluding hydrogens is 426 g/mol. The molecule has 2 N–H and O–H groups in total. The Labute approximate surface area is 190 Å². The number of nitrogens with zero attached hydrogens (tertiary/aromatic N) is 1. The van der Waals surface area contributed by atoms with Gasteiger partial charge in [-0.1, -0.05) is 18.2 Å². The summed E-state index contributed by atoms with van der Waals surface area (Å²) in [5.41, 5.74) is 4.35. The Balaban J connectivity index is 1.51. The number of carbonyl (C=O) groups is 1. The Morgan fingerprint density at radius 3 is 2.44 bits per heavy atom. The van der Waals surface area contributed by atoms with Gasteiger partial charge >= 0.3 is 0 Å². The van der Waals surface area contributed by atoms with Gasteiger partial charge in [0.15, 0.2) is 10.7 Å². The minimum absolute atomic E-state index is 0.133. The lowest BCUT2D eigenvalue weighted by Crippen LogP contribution is -2.34. The zero-order valence-corrected chi connectivity index (χ0v) is 18.6. The van der Waals surface area contributed by atoms with Crippen LogP contribution in [0, 0.1) is 6.92 Å². The van der Waals surface area contributed by atoms with E-state index >= 15 is 0 Å². The SMILES string of the molecule is COc1cccc(OC)c1C(=O)NC(=S)Nc1cccc(-c2nc3cc(C)ccc3o2)c1. The van der Waals surface area contributed by atoms with Gasteiger partial charge in [0.2, 0.25) is 5.89 Å². The molecule has 0 bridgehead atoms. The van der Waals surface area contributed by atoms with Crippen LogP contribution in [0.3, 0.4) is 0 Å². The Morgan fingerprint density at radius 1 is 1.00 bits per heavy atom. The molecule has 8 heteroatoms. The molecule has 0 saturated heterocycles. The van der Waals surface area contributed by atoms with E-state index < -0.39 is 5.91 Å². The second-order valence-electron chi connectivity index (χ2n) is 7.02. The second-order valence-corrected chi connectivity index (χ2v) is 7.43. The van der Waals surface area contributed by atoms with Crippen LogP contribution < -0.4 is 20.1 Å². The highest BCUT2D eigenvalue weighted by Crippen LogP contribution is 2.29. The highest BCUT2D eigenvalue weighted by molar-refractivity contribution is 7.80. The van der Waals surface area contributed by atoms with Crippen molar-refractivity contribution in [1.29, 1.82) is 0 Å². The summed E-state index contributed by atoms with van der Waals surface area (Å²) >= 11 is 5.33. The number of fused-ring (bicyclic) bond motifs is 1. The summed E-state index contributed by atoms with van der Waals surface area (Å²) in [4.78, 5) is 17.4.